The molecule has 0 amide bonds. The highest BCUT2D eigenvalue weighted by molar-refractivity contribution is 5.96. The highest BCUT2D eigenvalue weighted by Gasteiger charge is 2.18. The van der Waals surface area contributed by atoms with E-state index in [0.29, 0.717) is 18.0 Å². The number of carbonyl (C=O) groups is 1. The molecular formula is C23H29N5O2. The second-order valence-electron chi connectivity index (χ2n) is 7.80. The van der Waals surface area contributed by atoms with Gasteiger partial charge >= 0.3 is 5.97 Å². The lowest BCUT2D eigenvalue weighted by atomic mass is 9.96. The van der Waals surface area contributed by atoms with E-state index >= 15 is 0 Å². The normalized spacial score (nSPS) is 15.1. The molecule has 6 N–H and O–H groups in total. The number of carboxylic acids is 1. The topological polar surface area (TPSA) is 126 Å². The average Bonchev–Trinajstić information content (AvgIpc) is 2.75. The van der Waals surface area contributed by atoms with E-state index in [1.807, 2.05) is 24.3 Å². The van der Waals surface area contributed by atoms with Crippen molar-refractivity contribution in [3.05, 3.63) is 59.2 Å². The van der Waals surface area contributed by atoms with Crippen molar-refractivity contribution >= 4 is 18.0 Å². The van der Waals surface area contributed by atoms with Crippen molar-refractivity contribution in [2.75, 3.05) is 26.2 Å². The van der Waals surface area contributed by atoms with Gasteiger partial charge in [-0.3, -0.25) is 10.3 Å². The molecule has 1 fully saturated rings. The molecule has 1 saturated heterocycles. The first kappa shape index (κ1) is 21.7. The summed E-state index contributed by atoms with van der Waals surface area (Å²) in [6, 6.07) is 12.6. The van der Waals surface area contributed by atoms with E-state index in [-0.39, 0.29) is 11.4 Å². The number of aromatic carboxylic acids is 1. The third-order valence-corrected chi connectivity index (χ3v) is 5.57. The Bertz CT molecular complexity index is 920. The zero-order chi connectivity index (χ0) is 21.5. The predicted molar refractivity (Wildman–Crippen MR) is 120 cm³/mol. The van der Waals surface area contributed by atoms with Gasteiger partial charge in [0.2, 0.25) is 0 Å². The van der Waals surface area contributed by atoms with Gasteiger partial charge in [-0.1, -0.05) is 18.2 Å². The number of nitrogens with zero attached hydrogens (tertiary/aromatic N) is 1. The molecule has 0 atom stereocenters. The monoisotopic (exact) mass is 407 g/mol. The molecule has 2 aromatic rings. The third kappa shape index (κ3) is 5.75. The number of carboxylic acid groups (broad SMARTS) is 1. The van der Waals surface area contributed by atoms with E-state index in [9.17, 15) is 9.90 Å². The van der Waals surface area contributed by atoms with Gasteiger partial charge < -0.3 is 21.6 Å². The smallest absolute Gasteiger partial charge is 0.335 e. The summed E-state index contributed by atoms with van der Waals surface area (Å²) < 4.78 is 0. The molecule has 158 valence electrons. The number of nitrogen functional groups attached to an aromatic ring is 1. The molecule has 1 aliphatic heterocycles. The number of amidine groups is 1. The van der Waals surface area contributed by atoms with Crippen molar-refractivity contribution in [1.29, 1.82) is 10.8 Å². The number of nitrogens with one attached hydrogen (secondary N) is 3. The van der Waals surface area contributed by atoms with Crippen LogP contribution in [0, 0.1) is 16.7 Å². The summed E-state index contributed by atoms with van der Waals surface area (Å²) in [6.07, 6.45) is 3.68. The van der Waals surface area contributed by atoms with Crippen molar-refractivity contribution in [1.82, 2.24) is 10.2 Å². The standard InChI is InChI=1S/C23H29N5O2/c24-6-9-28-7-4-16(5-8-28)14-27-15-17-10-20(13-21(11-17)23(29)30)18-2-1-3-19(12-18)22(25)26/h1-3,6,10-13,16,24,27H,4-5,7-9,14-15H2,(H3,25,26)(H,29,30). The van der Waals surface area contributed by atoms with Crippen molar-refractivity contribution < 1.29 is 9.90 Å². The molecule has 3 rings (SSSR count). The predicted octanol–water partition coefficient (Wildman–Crippen LogP) is 2.79. The van der Waals surface area contributed by atoms with Crippen molar-refractivity contribution in [3.8, 4) is 11.1 Å². The number of likely N-dealkylation sites (tertiary alicyclic amines) is 1. The highest BCUT2D eigenvalue weighted by Crippen LogP contribution is 2.24. The zero-order valence-corrected chi connectivity index (χ0v) is 17.0. The lowest BCUT2D eigenvalue weighted by molar-refractivity contribution is 0.0696. The lowest BCUT2D eigenvalue weighted by Crippen LogP contribution is -2.37. The van der Waals surface area contributed by atoms with E-state index in [1.165, 1.54) is 6.21 Å². The fraction of sp³-hybridized carbons (Fsp3) is 0.348. The maximum atomic E-state index is 11.6. The second kappa shape index (κ2) is 10.1. The Hall–Kier alpha value is -3.03. The van der Waals surface area contributed by atoms with Crippen LogP contribution in [0.5, 0.6) is 0 Å². The summed E-state index contributed by atoms with van der Waals surface area (Å²) in [6.45, 7) is 4.27. The minimum atomic E-state index is -0.959. The zero-order valence-electron chi connectivity index (χ0n) is 17.0. The second-order valence-corrected chi connectivity index (χ2v) is 7.80. The molecule has 0 aromatic heterocycles. The summed E-state index contributed by atoms with van der Waals surface area (Å²) in [4.78, 5) is 13.9. The molecule has 7 heteroatoms. The fourth-order valence-corrected chi connectivity index (χ4v) is 3.87. The van der Waals surface area contributed by atoms with Crippen LogP contribution in [0.1, 0.15) is 34.3 Å². The summed E-state index contributed by atoms with van der Waals surface area (Å²) in [5, 5.41) is 27.9. The molecule has 0 aliphatic carbocycles. The minimum Gasteiger partial charge on any atom is -0.478 e. The van der Waals surface area contributed by atoms with Gasteiger partial charge in [-0.15, -0.1) is 0 Å². The molecule has 0 spiro atoms. The summed E-state index contributed by atoms with van der Waals surface area (Å²) in [7, 11) is 0. The van der Waals surface area contributed by atoms with Gasteiger partial charge in [0.05, 0.1) is 5.56 Å². The van der Waals surface area contributed by atoms with Gasteiger partial charge in [-0.2, -0.15) is 0 Å². The highest BCUT2D eigenvalue weighted by atomic mass is 16.4. The van der Waals surface area contributed by atoms with Crippen LogP contribution in [-0.2, 0) is 6.54 Å². The van der Waals surface area contributed by atoms with Crippen LogP contribution < -0.4 is 11.1 Å². The molecule has 0 bridgehead atoms. The molecule has 2 aromatic carbocycles. The maximum Gasteiger partial charge on any atom is 0.335 e. The van der Waals surface area contributed by atoms with Crippen LogP contribution in [0.3, 0.4) is 0 Å². The van der Waals surface area contributed by atoms with E-state index in [4.69, 9.17) is 16.6 Å². The van der Waals surface area contributed by atoms with Crippen LogP contribution in [-0.4, -0.2) is 54.2 Å². The summed E-state index contributed by atoms with van der Waals surface area (Å²) >= 11 is 0. The molecule has 0 radical (unpaired) electrons. The number of rotatable bonds is 9. The Balaban J connectivity index is 1.68. The Kier molecular flexibility index (Phi) is 7.32. The Morgan fingerprint density at radius 1 is 1.17 bits per heavy atom. The van der Waals surface area contributed by atoms with Gasteiger partial charge in [0, 0.05) is 24.9 Å². The van der Waals surface area contributed by atoms with E-state index in [1.54, 1.807) is 18.2 Å². The molecule has 0 unspecified atom stereocenters. The number of hydrogen-bond acceptors (Lipinski definition) is 5. The number of piperidine rings is 1. The van der Waals surface area contributed by atoms with Gasteiger partial charge in [0.15, 0.2) is 0 Å². The summed E-state index contributed by atoms with van der Waals surface area (Å²) in [5.74, 6) is -0.374. The number of hydrogen-bond donors (Lipinski definition) is 5. The van der Waals surface area contributed by atoms with E-state index < -0.39 is 5.97 Å². The SMILES string of the molecule is N=CCN1CCC(CNCc2cc(C(=O)O)cc(-c3cccc(C(=N)N)c3)c2)CC1. The van der Waals surface area contributed by atoms with Crippen molar-refractivity contribution in [2.45, 2.75) is 19.4 Å². The molecular weight excluding hydrogens is 378 g/mol. The first-order chi connectivity index (χ1) is 14.5. The van der Waals surface area contributed by atoms with Gasteiger partial charge in [0.1, 0.15) is 5.84 Å². The van der Waals surface area contributed by atoms with Crippen LogP contribution in [0.2, 0.25) is 0 Å². The van der Waals surface area contributed by atoms with Crippen molar-refractivity contribution in [2.24, 2.45) is 11.7 Å². The largest absolute Gasteiger partial charge is 0.478 e. The first-order valence-corrected chi connectivity index (χ1v) is 10.2. The molecule has 7 nitrogen and oxygen atoms in total. The lowest BCUT2D eigenvalue weighted by Gasteiger charge is -2.31. The molecule has 0 saturated carbocycles. The number of benzene rings is 2. The third-order valence-electron chi connectivity index (χ3n) is 5.57. The minimum absolute atomic E-state index is 0.0141. The first-order valence-electron chi connectivity index (χ1n) is 10.2. The van der Waals surface area contributed by atoms with Crippen LogP contribution in [0.15, 0.2) is 42.5 Å². The van der Waals surface area contributed by atoms with Gasteiger partial charge in [-0.05, 0) is 79.3 Å². The van der Waals surface area contributed by atoms with Crippen LogP contribution in [0.4, 0.5) is 0 Å². The Labute approximate surface area is 176 Å². The van der Waals surface area contributed by atoms with Gasteiger partial charge in [0.25, 0.3) is 0 Å². The maximum absolute atomic E-state index is 11.6. The Morgan fingerprint density at radius 2 is 1.90 bits per heavy atom. The fourth-order valence-electron chi connectivity index (χ4n) is 3.87. The molecule has 1 heterocycles. The van der Waals surface area contributed by atoms with Crippen molar-refractivity contribution in [3.63, 3.8) is 0 Å². The van der Waals surface area contributed by atoms with E-state index in [0.717, 1.165) is 55.7 Å². The Morgan fingerprint density at radius 3 is 2.57 bits per heavy atom. The van der Waals surface area contributed by atoms with Crippen LogP contribution in [0.25, 0.3) is 11.1 Å². The molecule has 30 heavy (non-hydrogen) atoms. The van der Waals surface area contributed by atoms with Crippen LogP contribution >= 0.6 is 0 Å². The van der Waals surface area contributed by atoms with E-state index in [2.05, 4.69) is 10.2 Å². The quantitative estimate of drug-likeness (QED) is 0.323. The average molecular weight is 408 g/mol. The number of nitrogens with two attached hydrogens (primary N) is 1. The summed E-state index contributed by atoms with van der Waals surface area (Å²) in [5.41, 5.74) is 9.01. The van der Waals surface area contributed by atoms with Gasteiger partial charge in [-0.25, -0.2) is 4.79 Å². The molecule has 1 aliphatic rings.